The Balaban J connectivity index is 1.10. The quantitative estimate of drug-likeness (QED) is 0.154. The molecule has 0 amide bonds. The smallest absolute Gasteiger partial charge is 0.252 e. The first kappa shape index (κ1) is 43.2. The van der Waals surface area contributed by atoms with E-state index in [4.69, 9.17) is 0 Å². The molecule has 4 heterocycles. The van der Waals surface area contributed by atoms with Gasteiger partial charge in [-0.1, -0.05) is 203 Å². The minimum absolute atomic E-state index is 0.00110. The Morgan fingerprint density at radius 2 is 1.03 bits per heavy atom. The summed E-state index contributed by atoms with van der Waals surface area (Å²) in [5.41, 5.74) is 22.8. The molecule has 4 aliphatic heterocycles. The number of hydrogen-bond acceptors (Lipinski definition) is 3. The molecule has 6 aliphatic rings. The maximum atomic E-state index is 2.96. The highest BCUT2D eigenvalue weighted by molar-refractivity contribution is 7.01. The van der Waals surface area contributed by atoms with Crippen LogP contribution in [-0.4, -0.2) is 25.9 Å². The molecule has 71 heavy (non-hydrogen) atoms. The van der Waals surface area contributed by atoms with Gasteiger partial charge in [-0.2, -0.15) is 0 Å². The number of anilines is 7. The van der Waals surface area contributed by atoms with Gasteiger partial charge in [0.15, 0.2) is 0 Å². The van der Waals surface area contributed by atoms with Crippen molar-refractivity contribution in [3.63, 3.8) is 0 Å². The van der Waals surface area contributed by atoms with E-state index in [1.807, 2.05) is 0 Å². The second kappa shape index (κ2) is 15.2. The van der Waals surface area contributed by atoms with Crippen molar-refractivity contribution in [2.45, 2.75) is 114 Å². The van der Waals surface area contributed by atoms with Gasteiger partial charge in [-0.15, -0.1) is 0 Å². The van der Waals surface area contributed by atoms with Gasteiger partial charge in [0.25, 0.3) is 6.71 Å². The van der Waals surface area contributed by atoms with Gasteiger partial charge in [-0.05, 0) is 131 Å². The van der Waals surface area contributed by atoms with E-state index in [0.29, 0.717) is 0 Å². The highest BCUT2D eigenvalue weighted by Gasteiger charge is 2.64. The number of para-hydroxylation sites is 1. The molecule has 2 aliphatic carbocycles. The lowest BCUT2D eigenvalue weighted by molar-refractivity contribution is 0.195. The molecule has 0 spiro atoms. The van der Waals surface area contributed by atoms with Crippen molar-refractivity contribution in [2.75, 3.05) is 14.7 Å². The van der Waals surface area contributed by atoms with E-state index in [2.05, 4.69) is 237 Å². The lowest BCUT2D eigenvalue weighted by Gasteiger charge is -2.54. The number of nitrogens with zero attached hydrogens (tertiary/aromatic N) is 3. The van der Waals surface area contributed by atoms with E-state index < -0.39 is 8.07 Å². The van der Waals surface area contributed by atoms with Crippen LogP contribution in [-0.2, 0) is 10.8 Å². The minimum atomic E-state index is -1.78. The summed E-state index contributed by atoms with van der Waals surface area (Å²) in [6.07, 6.45) is 9.59. The summed E-state index contributed by atoms with van der Waals surface area (Å²) in [6, 6.07) is 70.7. The maximum absolute atomic E-state index is 2.96. The lowest BCUT2D eigenvalue weighted by Crippen LogP contribution is -2.65. The van der Waals surface area contributed by atoms with Gasteiger partial charge in [0.2, 0.25) is 0 Å². The molecule has 0 N–H and O–H groups in total. The predicted octanol–water partition coefficient (Wildman–Crippen LogP) is 14.7. The van der Waals surface area contributed by atoms with Crippen molar-refractivity contribution in [2.24, 2.45) is 0 Å². The monoisotopic (exact) mass is 937 g/mol. The molecule has 8 aromatic carbocycles. The van der Waals surface area contributed by atoms with E-state index in [-0.39, 0.29) is 28.6 Å². The average molecular weight is 938 g/mol. The van der Waals surface area contributed by atoms with Crippen molar-refractivity contribution >= 4 is 76.2 Å². The van der Waals surface area contributed by atoms with Crippen molar-refractivity contribution in [1.29, 1.82) is 0 Å². The van der Waals surface area contributed by atoms with Gasteiger partial charge in [0.05, 0.1) is 19.2 Å². The fourth-order valence-corrected chi connectivity index (χ4v) is 16.7. The molecule has 350 valence electrons. The Hall–Kier alpha value is -6.56. The van der Waals surface area contributed by atoms with Crippen LogP contribution in [0.2, 0.25) is 19.6 Å². The predicted molar refractivity (Wildman–Crippen MR) is 305 cm³/mol. The summed E-state index contributed by atoms with van der Waals surface area (Å²) in [4.78, 5) is 8.48. The summed E-state index contributed by atoms with van der Waals surface area (Å²) < 4.78 is 0. The zero-order valence-electron chi connectivity index (χ0n) is 42.4. The zero-order valence-corrected chi connectivity index (χ0v) is 43.4. The molecule has 0 radical (unpaired) electrons. The number of rotatable bonds is 6. The van der Waals surface area contributed by atoms with Crippen LogP contribution >= 0.6 is 0 Å². The lowest BCUT2D eigenvalue weighted by atomic mass is 9.33. The molecule has 3 nitrogen and oxygen atoms in total. The third-order valence-corrected chi connectivity index (χ3v) is 21.2. The number of benzene rings is 8. The van der Waals surface area contributed by atoms with E-state index in [1.54, 1.807) is 10.8 Å². The Labute approximate surface area is 423 Å². The second-order valence-electron chi connectivity index (χ2n) is 23.7. The first-order valence-electron chi connectivity index (χ1n) is 26.7. The van der Waals surface area contributed by atoms with Crippen LogP contribution in [0.15, 0.2) is 182 Å². The molecule has 0 bridgehead atoms. The van der Waals surface area contributed by atoms with Gasteiger partial charge < -0.3 is 14.7 Å². The van der Waals surface area contributed by atoms with Gasteiger partial charge in [0, 0.05) is 50.6 Å². The van der Waals surface area contributed by atoms with Gasteiger partial charge >= 0.3 is 0 Å². The van der Waals surface area contributed by atoms with Crippen molar-refractivity contribution in [3.05, 3.63) is 199 Å². The standard InChI is InChI=1S/C66H64BN3Si/c1-63-36-18-19-37-64(63,2)70-60-42-51(69-57-29-17-16-28-53(57)66(49-26-14-9-15-27-49)39-21-20-38-65(66,69)3)41-59-61(60)67(56-44-52(71(4,5)6)43-54(63)62(56)70)55-40-48(46-24-12-8-13-25-46)32-35-58(55)68(59)50-33-30-47(31-34-50)45-22-10-7-11-23-45/h7-17,22-35,40-44H,18-21,36-39H2,1-6H3. The number of hydrogen-bond donors (Lipinski definition) is 0. The van der Waals surface area contributed by atoms with E-state index in [0.717, 1.165) is 12.8 Å². The average Bonchev–Trinajstić information content (AvgIpc) is 3.78. The zero-order chi connectivity index (χ0) is 48.1. The maximum Gasteiger partial charge on any atom is 0.252 e. The first-order valence-corrected chi connectivity index (χ1v) is 30.2. The molecule has 2 fully saturated rings. The summed E-state index contributed by atoms with van der Waals surface area (Å²) in [7, 11) is -1.78. The third kappa shape index (κ3) is 5.79. The van der Waals surface area contributed by atoms with Crippen molar-refractivity contribution < 1.29 is 0 Å². The van der Waals surface area contributed by atoms with Crippen LogP contribution in [0, 0.1) is 0 Å². The third-order valence-electron chi connectivity index (χ3n) is 19.2. The molecule has 2 saturated carbocycles. The fraction of sp³-hybridized carbons (Fsp3) is 0.273. The molecule has 4 unspecified atom stereocenters. The highest BCUT2D eigenvalue weighted by Crippen LogP contribution is 2.66. The summed E-state index contributed by atoms with van der Waals surface area (Å²) >= 11 is 0. The first-order chi connectivity index (χ1) is 34.4. The van der Waals surface area contributed by atoms with E-state index in [9.17, 15) is 0 Å². The van der Waals surface area contributed by atoms with Crippen LogP contribution < -0.4 is 36.3 Å². The summed E-state index contributed by atoms with van der Waals surface area (Å²) in [5, 5.41) is 1.58. The molecule has 4 atom stereocenters. The molecule has 0 aromatic heterocycles. The van der Waals surface area contributed by atoms with Gasteiger partial charge in [-0.25, -0.2) is 0 Å². The molecule has 14 rings (SSSR count). The topological polar surface area (TPSA) is 9.72 Å². The largest absolute Gasteiger partial charge is 0.335 e. The molecular formula is C66H64BN3Si. The van der Waals surface area contributed by atoms with Crippen LogP contribution in [0.25, 0.3) is 22.3 Å². The normalized spacial score (nSPS) is 24.4. The Morgan fingerprint density at radius 1 is 0.437 bits per heavy atom. The van der Waals surface area contributed by atoms with E-state index in [1.165, 1.54) is 128 Å². The SMILES string of the molecule is CC12CCCCC1(C)N1c3cc(N4c5ccccc5C5(c6ccccc6)CCCCC45C)cc4c3B(c3cc(-c5ccccc5)ccc3N4c3ccc(-c4ccccc4)cc3)c3cc([Si](C)(C)C)cc2c31. The summed E-state index contributed by atoms with van der Waals surface area (Å²) in [5.74, 6) is 0. The van der Waals surface area contributed by atoms with Gasteiger partial charge in [0.1, 0.15) is 0 Å². The highest BCUT2D eigenvalue weighted by atomic mass is 28.3. The van der Waals surface area contributed by atoms with Gasteiger partial charge in [-0.3, -0.25) is 0 Å². The molecule has 8 aromatic rings. The van der Waals surface area contributed by atoms with Crippen molar-refractivity contribution in [1.82, 2.24) is 0 Å². The molecule has 0 saturated heterocycles. The van der Waals surface area contributed by atoms with Crippen molar-refractivity contribution in [3.8, 4) is 22.3 Å². The van der Waals surface area contributed by atoms with E-state index >= 15 is 0 Å². The minimum Gasteiger partial charge on any atom is -0.335 e. The Kier molecular flexibility index (Phi) is 9.28. The second-order valence-corrected chi connectivity index (χ2v) is 28.8. The molecular weight excluding hydrogens is 874 g/mol. The number of fused-ring (bicyclic) bond motifs is 10. The Bertz CT molecular complexity index is 3440. The summed E-state index contributed by atoms with van der Waals surface area (Å²) in [6.45, 7) is 15.7. The van der Waals surface area contributed by atoms with Crippen LogP contribution in [0.4, 0.5) is 39.8 Å². The fourth-order valence-electron chi connectivity index (χ4n) is 15.5. The van der Waals surface area contributed by atoms with Crippen LogP contribution in [0.1, 0.15) is 88.8 Å². The Morgan fingerprint density at radius 3 is 1.75 bits per heavy atom. The van der Waals surface area contributed by atoms with Crippen LogP contribution in [0.5, 0.6) is 0 Å². The molecule has 5 heteroatoms. The van der Waals surface area contributed by atoms with Crippen LogP contribution in [0.3, 0.4) is 0 Å².